The van der Waals surface area contributed by atoms with Crippen molar-refractivity contribution in [2.75, 3.05) is 27.8 Å². The third-order valence-corrected chi connectivity index (χ3v) is 4.00. The van der Waals surface area contributed by atoms with Gasteiger partial charge in [-0.1, -0.05) is 0 Å². The number of amides is 1. The summed E-state index contributed by atoms with van der Waals surface area (Å²) in [6.45, 7) is 2.19. The van der Waals surface area contributed by atoms with E-state index >= 15 is 0 Å². The molecule has 0 radical (unpaired) electrons. The lowest BCUT2D eigenvalue weighted by Crippen LogP contribution is -2.37. The number of carbonyl (C=O) groups excluding carboxylic acids is 1. The summed E-state index contributed by atoms with van der Waals surface area (Å²) in [4.78, 5) is 13.5. The molecule has 1 aromatic rings. The zero-order valence-electron chi connectivity index (χ0n) is 11.3. The molecule has 0 aliphatic rings. The minimum Gasteiger partial charge on any atom is -0.438 e. The Morgan fingerprint density at radius 3 is 2.68 bits per heavy atom. The van der Waals surface area contributed by atoms with Crippen LogP contribution in [0.3, 0.4) is 0 Å². The minimum absolute atomic E-state index is 0.0284. The van der Waals surface area contributed by atoms with Crippen LogP contribution >= 0.6 is 0 Å². The summed E-state index contributed by atoms with van der Waals surface area (Å²) in [5.74, 6) is -0.429. The second-order valence-corrected chi connectivity index (χ2v) is 5.86. The van der Waals surface area contributed by atoms with Crippen LogP contribution in [0.4, 0.5) is 0 Å². The predicted octanol–water partition coefficient (Wildman–Crippen LogP) is 0.295. The summed E-state index contributed by atoms with van der Waals surface area (Å²) in [5.41, 5.74) is 0. The van der Waals surface area contributed by atoms with Gasteiger partial charge in [0.25, 0.3) is 15.9 Å². The van der Waals surface area contributed by atoms with Gasteiger partial charge in [0.15, 0.2) is 5.76 Å². The van der Waals surface area contributed by atoms with Crippen LogP contribution in [-0.2, 0) is 14.8 Å². The molecule has 7 nitrogen and oxygen atoms in total. The molecular formula is C11H18N2O5S. The Morgan fingerprint density at radius 2 is 2.16 bits per heavy atom. The van der Waals surface area contributed by atoms with Crippen LogP contribution < -0.4 is 4.72 Å². The van der Waals surface area contributed by atoms with Crippen LogP contribution in [0, 0.1) is 0 Å². The number of likely N-dealkylation sites (N-methyl/N-ethyl adjacent to an activating group) is 1. The predicted molar refractivity (Wildman–Crippen MR) is 68.4 cm³/mol. The number of ether oxygens (including phenoxy) is 1. The van der Waals surface area contributed by atoms with E-state index in [0.29, 0.717) is 6.61 Å². The molecule has 0 saturated carbocycles. The van der Waals surface area contributed by atoms with E-state index in [4.69, 9.17) is 9.15 Å². The van der Waals surface area contributed by atoms with Gasteiger partial charge in [-0.05, 0) is 26.1 Å². The fourth-order valence-corrected chi connectivity index (χ4v) is 2.05. The molecule has 0 saturated heterocycles. The first-order valence-corrected chi connectivity index (χ1v) is 7.11. The third-order valence-electron chi connectivity index (χ3n) is 2.72. The molecule has 0 aromatic carbocycles. The lowest BCUT2D eigenvalue weighted by atomic mass is 10.3. The molecule has 0 unspecified atom stereocenters. The van der Waals surface area contributed by atoms with E-state index in [1.54, 1.807) is 14.2 Å². The first kappa shape index (κ1) is 15.7. The van der Waals surface area contributed by atoms with Gasteiger partial charge in [-0.25, -0.2) is 13.1 Å². The largest absolute Gasteiger partial charge is 0.438 e. The maximum absolute atomic E-state index is 12.1. The Balaban J connectivity index is 2.90. The molecule has 0 fully saturated rings. The summed E-state index contributed by atoms with van der Waals surface area (Å²) in [7, 11) is 0.730. The Morgan fingerprint density at radius 1 is 1.53 bits per heavy atom. The van der Waals surface area contributed by atoms with E-state index in [2.05, 4.69) is 4.72 Å². The van der Waals surface area contributed by atoms with Crippen molar-refractivity contribution in [3.8, 4) is 0 Å². The van der Waals surface area contributed by atoms with Gasteiger partial charge in [0.2, 0.25) is 5.09 Å². The lowest BCUT2D eigenvalue weighted by Gasteiger charge is -2.23. The fourth-order valence-electron chi connectivity index (χ4n) is 1.41. The second-order valence-electron chi connectivity index (χ2n) is 4.05. The van der Waals surface area contributed by atoms with E-state index in [0.717, 1.165) is 0 Å². The highest BCUT2D eigenvalue weighted by Gasteiger charge is 2.23. The summed E-state index contributed by atoms with van der Waals surface area (Å²) >= 11 is 0. The average molecular weight is 290 g/mol. The van der Waals surface area contributed by atoms with Gasteiger partial charge < -0.3 is 14.1 Å². The van der Waals surface area contributed by atoms with Gasteiger partial charge in [-0.15, -0.1) is 0 Å². The number of sulfonamides is 1. The first-order valence-electron chi connectivity index (χ1n) is 5.63. The molecule has 0 aliphatic carbocycles. The quantitative estimate of drug-likeness (QED) is 0.813. The molecular weight excluding hydrogens is 272 g/mol. The standard InChI is InChI=1S/C11H18N2O5S/c1-8(7-17-4)13(3)11(14)9-5-6-10(18-9)19(15,16)12-2/h5-6,8,12H,7H2,1-4H3/t8-/m0/s1. The number of rotatable bonds is 6. The number of methoxy groups -OCH3 is 1. The van der Waals surface area contributed by atoms with Crippen molar-refractivity contribution in [2.24, 2.45) is 0 Å². The summed E-state index contributed by atoms with van der Waals surface area (Å²) in [6.07, 6.45) is 0. The van der Waals surface area contributed by atoms with Gasteiger partial charge >= 0.3 is 0 Å². The molecule has 108 valence electrons. The van der Waals surface area contributed by atoms with E-state index in [9.17, 15) is 13.2 Å². The van der Waals surface area contributed by atoms with E-state index in [-0.39, 0.29) is 16.9 Å². The molecule has 0 spiro atoms. The number of carbonyl (C=O) groups is 1. The molecule has 0 aliphatic heterocycles. The monoisotopic (exact) mass is 290 g/mol. The van der Waals surface area contributed by atoms with Gasteiger partial charge in [-0.3, -0.25) is 4.79 Å². The highest BCUT2D eigenvalue weighted by atomic mass is 32.2. The number of hydrogen-bond acceptors (Lipinski definition) is 5. The van der Waals surface area contributed by atoms with Gasteiger partial charge in [0, 0.05) is 14.2 Å². The highest BCUT2D eigenvalue weighted by molar-refractivity contribution is 7.89. The van der Waals surface area contributed by atoms with Crippen molar-refractivity contribution in [3.05, 3.63) is 17.9 Å². The van der Waals surface area contributed by atoms with E-state index < -0.39 is 15.9 Å². The number of nitrogens with zero attached hydrogens (tertiary/aromatic N) is 1. The topological polar surface area (TPSA) is 88.9 Å². The van der Waals surface area contributed by atoms with Crippen LogP contribution in [0.5, 0.6) is 0 Å². The SMILES string of the molecule is CNS(=O)(=O)c1ccc(C(=O)N(C)[C@@H](C)COC)o1. The molecule has 8 heteroatoms. The molecule has 1 amide bonds. The number of furan rings is 1. The molecule has 1 atom stereocenters. The Hall–Kier alpha value is -1.38. The number of nitrogens with one attached hydrogen (secondary N) is 1. The minimum atomic E-state index is -3.68. The summed E-state index contributed by atoms with van der Waals surface area (Å²) in [6, 6.07) is 2.43. The fraction of sp³-hybridized carbons (Fsp3) is 0.545. The third kappa shape index (κ3) is 3.55. The lowest BCUT2D eigenvalue weighted by molar-refractivity contribution is 0.0598. The number of hydrogen-bond donors (Lipinski definition) is 1. The van der Waals surface area contributed by atoms with Crippen molar-refractivity contribution in [1.82, 2.24) is 9.62 Å². The zero-order chi connectivity index (χ0) is 14.6. The maximum Gasteiger partial charge on any atom is 0.289 e. The van der Waals surface area contributed by atoms with Crippen LogP contribution in [-0.4, -0.2) is 53.1 Å². The molecule has 1 rings (SSSR count). The van der Waals surface area contributed by atoms with Gasteiger partial charge in [0.1, 0.15) is 0 Å². The smallest absolute Gasteiger partial charge is 0.289 e. The first-order chi connectivity index (χ1) is 8.83. The average Bonchev–Trinajstić information content (AvgIpc) is 2.87. The summed E-state index contributed by atoms with van der Waals surface area (Å²) in [5, 5.41) is -0.286. The van der Waals surface area contributed by atoms with Crippen molar-refractivity contribution in [3.63, 3.8) is 0 Å². The zero-order valence-corrected chi connectivity index (χ0v) is 12.2. The highest BCUT2D eigenvalue weighted by Crippen LogP contribution is 2.15. The molecule has 0 bridgehead atoms. The summed E-state index contributed by atoms with van der Waals surface area (Å²) < 4.78 is 35.1. The van der Waals surface area contributed by atoms with Crippen LogP contribution in [0.1, 0.15) is 17.5 Å². The van der Waals surface area contributed by atoms with E-state index in [1.807, 2.05) is 6.92 Å². The van der Waals surface area contributed by atoms with Crippen molar-refractivity contribution in [2.45, 2.75) is 18.1 Å². The Labute approximate surface area is 112 Å². The Bertz CT molecular complexity index is 537. The Kier molecular flexibility index (Phi) is 5.10. The van der Waals surface area contributed by atoms with Crippen LogP contribution in [0.2, 0.25) is 0 Å². The van der Waals surface area contributed by atoms with Gasteiger partial charge in [-0.2, -0.15) is 0 Å². The van der Waals surface area contributed by atoms with Crippen molar-refractivity contribution < 1.29 is 22.4 Å². The molecule has 1 aromatic heterocycles. The normalized spacial score (nSPS) is 13.3. The van der Waals surface area contributed by atoms with E-state index in [1.165, 1.54) is 24.1 Å². The van der Waals surface area contributed by atoms with Crippen molar-refractivity contribution in [1.29, 1.82) is 0 Å². The van der Waals surface area contributed by atoms with Gasteiger partial charge in [0.05, 0.1) is 12.6 Å². The van der Waals surface area contributed by atoms with Crippen molar-refractivity contribution >= 4 is 15.9 Å². The molecule has 19 heavy (non-hydrogen) atoms. The molecule has 1 heterocycles. The molecule has 1 N–H and O–H groups in total. The second kappa shape index (κ2) is 6.18. The maximum atomic E-state index is 12.1. The van der Waals surface area contributed by atoms with Crippen LogP contribution in [0.25, 0.3) is 0 Å². The van der Waals surface area contributed by atoms with Crippen LogP contribution in [0.15, 0.2) is 21.6 Å².